The molecular weight excluding hydrogens is 442 g/mol. The van der Waals surface area contributed by atoms with Crippen LogP contribution in [0.3, 0.4) is 0 Å². The standard InChI is InChI=1S/C17H13Br2NO4/c18-9-16(21)20-13-8-15-14(23-5-6-24-15)7-12(13)17(22)10-1-3-11(19)4-2-10/h1-4,7-8H,5-6,9H2,(H,20,21). The van der Waals surface area contributed by atoms with E-state index < -0.39 is 0 Å². The third kappa shape index (κ3) is 3.62. The number of nitrogens with one attached hydrogen (secondary N) is 1. The average molecular weight is 455 g/mol. The number of carbonyl (C=O) groups is 2. The molecule has 2 aromatic rings. The lowest BCUT2D eigenvalue weighted by Crippen LogP contribution is -2.19. The maximum atomic E-state index is 12.9. The van der Waals surface area contributed by atoms with E-state index in [1.807, 2.05) is 0 Å². The summed E-state index contributed by atoms with van der Waals surface area (Å²) in [6.07, 6.45) is 0. The number of ketones is 1. The number of carbonyl (C=O) groups excluding carboxylic acids is 2. The third-order valence-electron chi connectivity index (χ3n) is 3.43. The van der Waals surface area contributed by atoms with Crippen molar-refractivity contribution in [3.8, 4) is 11.5 Å². The van der Waals surface area contributed by atoms with E-state index in [1.165, 1.54) is 0 Å². The minimum absolute atomic E-state index is 0.132. The molecule has 0 radical (unpaired) electrons. The number of hydrogen-bond acceptors (Lipinski definition) is 4. The van der Waals surface area contributed by atoms with E-state index in [2.05, 4.69) is 37.2 Å². The highest BCUT2D eigenvalue weighted by Gasteiger charge is 2.21. The Balaban J connectivity index is 2.04. The smallest absolute Gasteiger partial charge is 0.235 e. The summed E-state index contributed by atoms with van der Waals surface area (Å²) >= 11 is 6.45. The van der Waals surface area contributed by atoms with Crippen LogP contribution in [0.2, 0.25) is 0 Å². The second kappa shape index (κ2) is 7.36. The first-order valence-corrected chi connectivity index (χ1v) is 9.09. The highest BCUT2D eigenvalue weighted by Crippen LogP contribution is 2.36. The molecule has 0 saturated carbocycles. The Hall–Kier alpha value is -1.86. The molecule has 3 rings (SSSR count). The minimum atomic E-state index is -0.253. The average Bonchev–Trinajstić information content (AvgIpc) is 2.61. The number of anilines is 1. The maximum absolute atomic E-state index is 12.9. The molecule has 0 saturated heterocycles. The predicted molar refractivity (Wildman–Crippen MR) is 97.4 cm³/mol. The van der Waals surface area contributed by atoms with Gasteiger partial charge in [0, 0.05) is 16.1 Å². The normalized spacial score (nSPS) is 12.6. The number of ether oxygens (including phenoxy) is 2. The first kappa shape index (κ1) is 17.0. The van der Waals surface area contributed by atoms with E-state index in [1.54, 1.807) is 36.4 Å². The van der Waals surface area contributed by atoms with Crippen molar-refractivity contribution in [2.45, 2.75) is 0 Å². The highest BCUT2D eigenvalue weighted by molar-refractivity contribution is 9.10. The first-order valence-electron chi connectivity index (χ1n) is 7.18. The van der Waals surface area contributed by atoms with Crippen molar-refractivity contribution in [3.05, 3.63) is 52.0 Å². The van der Waals surface area contributed by atoms with Crippen molar-refractivity contribution in [3.63, 3.8) is 0 Å². The van der Waals surface area contributed by atoms with Gasteiger partial charge in [-0.1, -0.05) is 31.9 Å². The van der Waals surface area contributed by atoms with Crippen LogP contribution in [0.25, 0.3) is 0 Å². The van der Waals surface area contributed by atoms with Crippen LogP contribution in [-0.4, -0.2) is 30.2 Å². The van der Waals surface area contributed by atoms with Crippen molar-refractivity contribution in [2.75, 3.05) is 23.9 Å². The Labute approximate surface area is 155 Å². The van der Waals surface area contributed by atoms with Crippen molar-refractivity contribution >= 4 is 49.2 Å². The van der Waals surface area contributed by atoms with E-state index >= 15 is 0 Å². The SMILES string of the molecule is O=C(CBr)Nc1cc2c(cc1C(=O)c1ccc(Br)cc1)OCCO2. The number of hydrogen-bond donors (Lipinski definition) is 1. The van der Waals surface area contributed by atoms with Gasteiger partial charge in [0.1, 0.15) is 13.2 Å². The van der Waals surface area contributed by atoms with Crippen LogP contribution in [0, 0.1) is 0 Å². The highest BCUT2D eigenvalue weighted by atomic mass is 79.9. The van der Waals surface area contributed by atoms with E-state index in [4.69, 9.17) is 9.47 Å². The van der Waals surface area contributed by atoms with E-state index in [0.29, 0.717) is 41.5 Å². The Kier molecular flexibility index (Phi) is 5.20. The van der Waals surface area contributed by atoms with Gasteiger partial charge in [-0.25, -0.2) is 0 Å². The molecule has 2 aromatic carbocycles. The number of benzene rings is 2. The molecule has 0 unspecified atom stereocenters. The summed E-state index contributed by atoms with van der Waals surface area (Å²) in [4.78, 5) is 24.6. The summed E-state index contributed by atoms with van der Waals surface area (Å²) in [5.41, 5.74) is 1.27. The lowest BCUT2D eigenvalue weighted by atomic mass is 10.0. The summed E-state index contributed by atoms with van der Waals surface area (Å²) < 4.78 is 12.0. The van der Waals surface area contributed by atoms with Gasteiger partial charge in [-0.2, -0.15) is 0 Å². The molecule has 0 atom stereocenters. The molecule has 1 aliphatic heterocycles. The molecule has 1 amide bonds. The Morgan fingerprint density at radius 1 is 1.04 bits per heavy atom. The lowest BCUT2D eigenvalue weighted by molar-refractivity contribution is -0.113. The number of amides is 1. The van der Waals surface area contributed by atoms with Crippen molar-refractivity contribution < 1.29 is 19.1 Å². The maximum Gasteiger partial charge on any atom is 0.235 e. The van der Waals surface area contributed by atoms with Crippen molar-refractivity contribution in [1.29, 1.82) is 0 Å². The van der Waals surface area contributed by atoms with Gasteiger partial charge in [-0.05, 0) is 30.3 Å². The third-order valence-corrected chi connectivity index (χ3v) is 4.47. The number of alkyl halides is 1. The molecule has 0 aliphatic carbocycles. The van der Waals surface area contributed by atoms with Gasteiger partial charge >= 0.3 is 0 Å². The van der Waals surface area contributed by atoms with Gasteiger partial charge < -0.3 is 14.8 Å². The summed E-state index contributed by atoms with van der Waals surface area (Å²) in [5.74, 6) is 0.554. The minimum Gasteiger partial charge on any atom is -0.486 e. The fourth-order valence-corrected chi connectivity index (χ4v) is 2.72. The van der Waals surface area contributed by atoms with Crippen LogP contribution < -0.4 is 14.8 Å². The zero-order chi connectivity index (χ0) is 17.1. The molecule has 1 aliphatic rings. The van der Waals surface area contributed by atoms with E-state index in [-0.39, 0.29) is 17.0 Å². The van der Waals surface area contributed by atoms with Gasteiger partial charge in [0.05, 0.1) is 16.6 Å². The van der Waals surface area contributed by atoms with E-state index in [0.717, 1.165) is 4.47 Å². The Bertz CT molecular complexity index is 790. The molecule has 0 aromatic heterocycles. The monoisotopic (exact) mass is 453 g/mol. The molecular formula is C17H13Br2NO4. The van der Waals surface area contributed by atoms with E-state index in [9.17, 15) is 9.59 Å². The van der Waals surface area contributed by atoms with Crippen LogP contribution in [-0.2, 0) is 4.79 Å². The van der Waals surface area contributed by atoms with Crippen LogP contribution in [0.15, 0.2) is 40.9 Å². The van der Waals surface area contributed by atoms with Crippen LogP contribution in [0.4, 0.5) is 5.69 Å². The fourth-order valence-electron chi connectivity index (χ4n) is 2.32. The molecule has 7 heteroatoms. The zero-order valence-electron chi connectivity index (χ0n) is 12.5. The molecule has 24 heavy (non-hydrogen) atoms. The molecule has 1 N–H and O–H groups in total. The van der Waals surface area contributed by atoms with Crippen LogP contribution in [0.5, 0.6) is 11.5 Å². The molecule has 5 nitrogen and oxygen atoms in total. The lowest BCUT2D eigenvalue weighted by Gasteiger charge is -2.21. The van der Waals surface area contributed by atoms with Gasteiger partial charge in [-0.15, -0.1) is 0 Å². The van der Waals surface area contributed by atoms with Crippen molar-refractivity contribution in [1.82, 2.24) is 0 Å². The molecule has 0 spiro atoms. The van der Waals surface area contributed by atoms with Gasteiger partial charge in [0.2, 0.25) is 5.91 Å². The molecule has 0 fully saturated rings. The molecule has 0 bridgehead atoms. The zero-order valence-corrected chi connectivity index (χ0v) is 15.6. The number of halogens is 2. The van der Waals surface area contributed by atoms with Crippen molar-refractivity contribution in [2.24, 2.45) is 0 Å². The van der Waals surface area contributed by atoms with Crippen LogP contribution >= 0.6 is 31.9 Å². The summed E-state index contributed by atoms with van der Waals surface area (Å²) in [6.45, 7) is 0.852. The number of fused-ring (bicyclic) bond motifs is 1. The van der Waals surface area contributed by atoms with Gasteiger partial charge in [0.25, 0.3) is 0 Å². The number of rotatable bonds is 4. The summed E-state index contributed by atoms with van der Waals surface area (Å²) in [7, 11) is 0. The molecule has 1 heterocycles. The second-order valence-electron chi connectivity index (χ2n) is 5.06. The van der Waals surface area contributed by atoms with Crippen LogP contribution in [0.1, 0.15) is 15.9 Å². The van der Waals surface area contributed by atoms with Gasteiger partial charge in [-0.3, -0.25) is 9.59 Å². The Morgan fingerprint density at radius 2 is 1.67 bits per heavy atom. The fraction of sp³-hybridized carbons (Fsp3) is 0.176. The quantitative estimate of drug-likeness (QED) is 0.563. The second-order valence-corrected chi connectivity index (χ2v) is 6.54. The van der Waals surface area contributed by atoms with Gasteiger partial charge in [0.15, 0.2) is 17.3 Å². The summed E-state index contributed by atoms with van der Waals surface area (Å²) in [5, 5.41) is 2.85. The summed E-state index contributed by atoms with van der Waals surface area (Å²) in [6, 6.07) is 10.3. The topological polar surface area (TPSA) is 64.6 Å². The first-order chi connectivity index (χ1) is 11.6. The Morgan fingerprint density at radius 3 is 2.29 bits per heavy atom. The molecule has 124 valence electrons. The largest absolute Gasteiger partial charge is 0.486 e. The predicted octanol–water partition coefficient (Wildman–Crippen LogP) is 3.78.